The summed E-state index contributed by atoms with van der Waals surface area (Å²) in [5.41, 5.74) is 4.05. The molecule has 1 saturated heterocycles. The summed E-state index contributed by atoms with van der Waals surface area (Å²) < 4.78 is 22.0. The maximum Gasteiger partial charge on any atom is 0.411 e. The minimum atomic E-state index is -0.438. The van der Waals surface area contributed by atoms with Crippen molar-refractivity contribution in [3.63, 3.8) is 0 Å². The number of nitrogens with one attached hydrogen (secondary N) is 1. The van der Waals surface area contributed by atoms with Crippen LogP contribution in [0.1, 0.15) is 24.8 Å². The van der Waals surface area contributed by atoms with Crippen molar-refractivity contribution < 1.29 is 28.5 Å². The fourth-order valence-electron chi connectivity index (χ4n) is 6.43. The monoisotopic (exact) mass is 615 g/mol. The molecule has 9 nitrogen and oxygen atoms in total. The van der Waals surface area contributed by atoms with Gasteiger partial charge in [-0.3, -0.25) is 10.1 Å². The first-order chi connectivity index (χ1) is 21.9. The van der Waals surface area contributed by atoms with E-state index in [2.05, 4.69) is 22.3 Å². The van der Waals surface area contributed by atoms with Gasteiger partial charge in [0.25, 0.3) is 0 Å². The molecule has 0 aromatic heterocycles. The van der Waals surface area contributed by atoms with Crippen LogP contribution in [0.4, 0.5) is 10.5 Å². The van der Waals surface area contributed by atoms with Gasteiger partial charge in [0, 0.05) is 46.5 Å². The summed E-state index contributed by atoms with van der Waals surface area (Å²) in [5.74, 6) is 1.86. The van der Waals surface area contributed by atoms with Crippen molar-refractivity contribution in [1.82, 2.24) is 9.80 Å². The molecular weight excluding hydrogens is 570 g/mol. The van der Waals surface area contributed by atoms with E-state index >= 15 is 0 Å². The predicted octanol–water partition coefficient (Wildman–Crippen LogP) is 5.70. The minimum Gasteiger partial charge on any atom is -0.493 e. The van der Waals surface area contributed by atoms with Crippen LogP contribution >= 0.6 is 0 Å². The highest BCUT2D eigenvalue weighted by Crippen LogP contribution is 2.39. The van der Waals surface area contributed by atoms with Gasteiger partial charge in [0.05, 0.1) is 25.3 Å². The number of likely N-dealkylation sites (N-methyl/N-ethyl adjacent to an activating group) is 1. The standard InChI is InChI=1S/C36H45N3O6/c1-38(25-35(42-2)43-3)34(40)18-20-44-30-15-13-26(14-16-30)17-19-39-23-28-21-31(22-29(28)24-39)45-36(41)37-33-12-8-7-11-32(33)27-9-5-4-6-10-27/h4-16,28-29,31,35H,17-25H2,1-3H3,(H,37,41)/t28-,29+,31?. The topological polar surface area (TPSA) is 89.6 Å². The zero-order valence-electron chi connectivity index (χ0n) is 26.5. The summed E-state index contributed by atoms with van der Waals surface area (Å²) >= 11 is 0. The second-order valence-electron chi connectivity index (χ2n) is 12.0. The zero-order valence-corrected chi connectivity index (χ0v) is 26.5. The van der Waals surface area contributed by atoms with Crippen molar-refractivity contribution in [2.45, 2.75) is 38.1 Å². The Morgan fingerprint density at radius 1 is 0.911 bits per heavy atom. The van der Waals surface area contributed by atoms with Crippen molar-refractivity contribution in [2.24, 2.45) is 11.8 Å². The van der Waals surface area contributed by atoms with Gasteiger partial charge in [-0.2, -0.15) is 0 Å². The largest absolute Gasteiger partial charge is 0.493 e. The molecule has 9 heteroatoms. The Balaban J connectivity index is 0.992. The van der Waals surface area contributed by atoms with Crippen LogP contribution in [0.5, 0.6) is 5.75 Å². The molecule has 1 saturated carbocycles. The van der Waals surface area contributed by atoms with Gasteiger partial charge in [-0.1, -0.05) is 60.7 Å². The molecule has 3 aromatic carbocycles. The molecule has 0 radical (unpaired) electrons. The second kappa shape index (κ2) is 15.9. The van der Waals surface area contributed by atoms with Crippen LogP contribution in [0.3, 0.4) is 0 Å². The van der Waals surface area contributed by atoms with Gasteiger partial charge in [0.1, 0.15) is 11.9 Å². The van der Waals surface area contributed by atoms with Gasteiger partial charge in [0.2, 0.25) is 5.91 Å². The molecule has 0 bridgehead atoms. The Morgan fingerprint density at radius 2 is 1.58 bits per heavy atom. The number of ether oxygens (including phenoxy) is 4. The summed E-state index contributed by atoms with van der Waals surface area (Å²) in [6.45, 7) is 3.78. The van der Waals surface area contributed by atoms with Crippen LogP contribution in [-0.2, 0) is 25.4 Å². The summed E-state index contributed by atoms with van der Waals surface area (Å²) in [5, 5.41) is 2.98. The molecule has 0 spiro atoms. The number of methoxy groups -OCH3 is 2. The van der Waals surface area contributed by atoms with Crippen LogP contribution in [0.2, 0.25) is 0 Å². The molecule has 1 aliphatic heterocycles. The van der Waals surface area contributed by atoms with Crippen LogP contribution in [-0.4, -0.2) is 88.2 Å². The zero-order chi connectivity index (χ0) is 31.6. The molecule has 45 heavy (non-hydrogen) atoms. The SMILES string of the molecule is COC(CN(C)C(=O)CCOc1ccc(CCN2C[C@H]3CC(OC(=O)Nc4ccccc4-c4ccccc4)C[C@H]3C2)cc1)OC. The number of amides is 2. The fraction of sp³-hybridized carbons (Fsp3) is 0.444. The summed E-state index contributed by atoms with van der Waals surface area (Å²) in [6.07, 6.45) is 2.22. The maximum absolute atomic E-state index is 12.8. The van der Waals surface area contributed by atoms with Gasteiger partial charge in [-0.15, -0.1) is 0 Å². The average molecular weight is 616 g/mol. The quantitative estimate of drug-likeness (QED) is 0.233. The molecule has 1 unspecified atom stereocenters. The third kappa shape index (κ3) is 9.06. The molecule has 1 heterocycles. The predicted molar refractivity (Wildman–Crippen MR) is 174 cm³/mol. The molecular formula is C36H45N3O6. The Kier molecular flexibility index (Phi) is 11.5. The van der Waals surface area contributed by atoms with Gasteiger partial charge in [-0.25, -0.2) is 4.79 Å². The highest BCUT2D eigenvalue weighted by molar-refractivity contribution is 5.91. The van der Waals surface area contributed by atoms with Crippen LogP contribution < -0.4 is 10.1 Å². The van der Waals surface area contributed by atoms with Crippen molar-refractivity contribution >= 4 is 17.7 Å². The lowest BCUT2D eigenvalue weighted by Crippen LogP contribution is -2.36. The smallest absolute Gasteiger partial charge is 0.411 e. The first-order valence-corrected chi connectivity index (χ1v) is 15.8. The Morgan fingerprint density at radius 3 is 2.27 bits per heavy atom. The van der Waals surface area contributed by atoms with Crippen LogP contribution in [0, 0.1) is 11.8 Å². The number of anilines is 1. The third-order valence-corrected chi connectivity index (χ3v) is 8.90. The maximum atomic E-state index is 12.8. The Bertz CT molecular complexity index is 1370. The summed E-state index contributed by atoms with van der Waals surface area (Å²) in [6, 6.07) is 26.0. The van der Waals surface area contributed by atoms with E-state index in [0.717, 1.165) is 61.5 Å². The van der Waals surface area contributed by atoms with E-state index in [1.165, 1.54) is 5.56 Å². The molecule has 2 aliphatic rings. The number of benzene rings is 3. The number of hydrogen-bond acceptors (Lipinski definition) is 7. The van der Waals surface area contributed by atoms with E-state index in [-0.39, 0.29) is 24.5 Å². The number of likely N-dealkylation sites (tertiary alicyclic amines) is 1. The van der Waals surface area contributed by atoms with E-state index in [1.54, 1.807) is 26.2 Å². The highest BCUT2D eigenvalue weighted by atomic mass is 16.7. The van der Waals surface area contributed by atoms with Crippen molar-refractivity contribution in [1.29, 1.82) is 0 Å². The lowest BCUT2D eigenvalue weighted by atomic mass is 10.0. The van der Waals surface area contributed by atoms with Crippen LogP contribution in [0.25, 0.3) is 11.1 Å². The van der Waals surface area contributed by atoms with E-state index in [0.29, 0.717) is 25.0 Å². The molecule has 1 N–H and O–H groups in total. The first kappa shape index (κ1) is 32.5. The number of rotatable bonds is 14. The fourth-order valence-corrected chi connectivity index (χ4v) is 6.43. The number of fused-ring (bicyclic) bond motifs is 1. The molecule has 5 rings (SSSR count). The van der Waals surface area contributed by atoms with E-state index in [1.807, 2.05) is 66.7 Å². The number of nitrogens with zero attached hydrogens (tertiary/aromatic N) is 2. The van der Waals surface area contributed by atoms with E-state index < -0.39 is 6.29 Å². The average Bonchev–Trinajstić information content (AvgIpc) is 3.61. The molecule has 2 fully saturated rings. The molecule has 3 aromatic rings. The van der Waals surface area contributed by atoms with Crippen molar-refractivity contribution in [2.75, 3.05) is 59.4 Å². The normalized spacial score (nSPS) is 19.3. The van der Waals surface area contributed by atoms with Gasteiger partial charge >= 0.3 is 6.09 Å². The van der Waals surface area contributed by atoms with Gasteiger partial charge in [-0.05, 0) is 60.4 Å². The summed E-state index contributed by atoms with van der Waals surface area (Å²) in [7, 11) is 4.84. The lowest BCUT2D eigenvalue weighted by Gasteiger charge is -2.22. The minimum absolute atomic E-state index is 0.0214. The van der Waals surface area contributed by atoms with Crippen molar-refractivity contribution in [3.8, 4) is 16.9 Å². The first-order valence-electron chi connectivity index (χ1n) is 15.8. The molecule has 3 atom stereocenters. The second-order valence-corrected chi connectivity index (χ2v) is 12.0. The van der Waals surface area contributed by atoms with E-state index in [4.69, 9.17) is 18.9 Å². The molecule has 1 aliphatic carbocycles. The summed E-state index contributed by atoms with van der Waals surface area (Å²) in [4.78, 5) is 29.3. The van der Waals surface area contributed by atoms with Gasteiger partial charge in [0.15, 0.2) is 6.29 Å². The Labute approximate surface area is 266 Å². The number of hydrogen-bond donors (Lipinski definition) is 1. The third-order valence-electron chi connectivity index (χ3n) is 8.90. The number of carbonyl (C=O) groups is 2. The Hall–Kier alpha value is -3.92. The lowest BCUT2D eigenvalue weighted by molar-refractivity contribution is -0.143. The highest BCUT2D eigenvalue weighted by Gasteiger charge is 2.42. The molecule has 2 amide bonds. The van der Waals surface area contributed by atoms with Crippen molar-refractivity contribution in [3.05, 3.63) is 84.4 Å². The van der Waals surface area contributed by atoms with E-state index in [9.17, 15) is 9.59 Å². The molecule has 240 valence electrons. The number of carbonyl (C=O) groups excluding carboxylic acids is 2. The van der Waals surface area contributed by atoms with Gasteiger partial charge < -0.3 is 28.7 Å². The number of para-hydroxylation sites is 1. The van der Waals surface area contributed by atoms with Crippen LogP contribution in [0.15, 0.2) is 78.9 Å².